The Kier molecular flexibility index (Phi) is 4.05. The van der Waals surface area contributed by atoms with Crippen molar-refractivity contribution in [1.29, 1.82) is 0 Å². The van der Waals surface area contributed by atoms with E-state index in [4.69, 9.17) is 9.57 Å². The van der Waals surface area contributed by atoms with Gasteiger partial charge in [0.05, 0.1) is 18.4 Å². The topological polar surface area (TPSA) is 34.1 Å². The molecule has 21 heavy (non-hydrogen) atoms. The number of rotatable bonds is 4. The molecule has 1 aliphatic rings. The van der Waals surface area contributed by atoms with E-state index in [1.165, 1.54) is 0 Å². The smallest absolute Gasteiger partial charge is 0.143 e. The molecule has 0 aliphatic carbocycles. The maximum absolute atomic E-state index is 5.67. The van der Waals surface area contributed by atoms with Gasteiger partial charge >= 0.3 is 0 Å². The molecular weight excluding hydrogens is 264 g/mol. The quantitative estimate of drug-likeness (QED) is 0.638. The van der Waals surface area contributed by atoms with E-state index in [2.05, 4.69) is 17.1 Å². The molecular formula is C17H18N2O2. The van der Waals surface area contributed by atoms with Crippen molar-refractivity contribution in [3.05, 3.63) is 59.7 Å². The summed E-state index contributed by atoms with van der Waals surface area (Å²) >= 11 is 0. The third-order valence-electron chi connectivity index (χ3n) is 3.43. The van der Waals surface area contributed by atoms with E-state index in [0.717, 1.165) is 29.1 Å². The Morgan fingerprint density at radius 2 is 2.10 bits per heavy atom. The maximum Gasteiger partial charge on any atom is 0.143 e. The fourth-order valence-corrected chi connectivity index (χ4v) is 2.24. The molecule has 0 aromatic heterocycles. The lowest BCUT2D eigenvalue weighted by Gasteiger charge is -2.27. The Morgan fingerprint density at radius 3 is 2.95 bits per heavy atom. The SMILES string of the molecule is CN1CCOc2cc(C=NOCc3ccccc3)ccc21. The molecule has 0 amide bonds. The van der Waals surface area contributed by atoms with Crippen molar-refractivity contribution in [2.45, 2.75) is 6.61 Å². The summed E-state index contributed by atoms with van der Waals surface area (Å²) in [6.45, 7) is 2.11. The van der Waals surface area contributed by atoms with Gasteiger partial charge in [0.15, 0.2) is 0 Å². The molecule has 0 fully saturated rings. The van der Waals surface area contributed by atoms with Crippen LogP contribution in [-0.2, 0) is 11.4 Å². The Balaban J connectivity index is 1.61. The van der Waals surface area contributed by atoms with Gasteiger partial charge in [-0.3, -0.25) is 0 Å². The lowest BCUT2D eigenvalue weighted by molar-refractivity contribution is 0.132. The van der Waals surface area contributed by atoms with Gasteiger partial charge in [-0.25, -0.2) is 0 Å². The summed E-state index contributed by atoms with van der Waals surface area (Å²) in [5.41, 5.74) is 3.19. The zero-order valence-electron chi connectivity index (χ0n) is 12.0. The normalized spacial score (nSPS) is 13.9. The van der Waals surface area contributed by atoms with Gasteiger partial charge in [-0.15, -0.1) is 0 Å². The Morgan fingerprint density at radius 1 is 1.24 bits per heavy atom. The number of hydrogen-bond donors (Lipinski definition) is 0. The van der Waals surface area contributed by atoms with Gasteiger partial charge < -0.3 is 14.5 Å². The highest BCUT2D eigenvalue weighted by molar-refractivity contribution is 5.81. The monoisotopic (exact) mass is 282 g/mol. The molecule has 1 heterocycles. The predicted octanol–water partition coefficient (Wildman–Crippen LogP) is 3.07. The van der Waals surface area contributed by atoms with Gasteiger partial charge in [-0.2, -0.15) is 0 Å². The lowest BCUT2D eigenvalue weighted by atomic mass is 10.1. The van der Waals surface area contributed by atoms with Crippen LogP contribution in [0.25, 0.3) is 0 Å². The highest BCUT2D eigenvalue weighted by Gasteiger charge is 2.14. The summed E-state index contributed by atoms with van der Waals surface area (Å²) in [6, 6.07) is 16.0. The zero-order valence-corrected chi connectivity index (χ0v) is 12.0. The summed E-state index contributed by atoms with van der Waals surface area (Å²) in [5, 5.41) is 4.01. The molecule has 0 N–H and O–H groups in total. The highest BCUT2D eigenvalue weighted by atomic mass is 16.6. The Labute approximate surface area is 124 Å². The van der Waals surface area contributed by atoms with Crippen LogP contribution >= 0.6 is 0 Å². The van der Waals surface area contributed by atoms with Crippen molar-refractivity contribution in [2.75, 3.05) is 25.1 Å². The molecule has 0 bridgehead atoms. The average Bonchev–Trinajstić information content (AvgIpc) is 2.53. The largest absolute Gasteiger partial charge is 0.490 e. The van der Waals surface area contributed by atoms with Gasteiger partial charge in [-0.05, 0) is 23.3 Å². The number of benzene rings is 2. The fraction of sp³-hybridized carbons (Fsp3) is 0.235. The minimum Gasteiger partial charge on any atom is -0.490 e. The molecule has 108 valence electrons. The Bertz CT molecular complexity index is 626. The van der Waals surface area contributed by atoms with Crippen molar-refractivity contribution in [3.8, 4) is 5.75 Å². The van der Waals surface area contributed by atoms with Crippen LogP contribution in [0.5, 0.6) is 5.75 Å². The number of ether oxygens (including phenoxy) is 1. The van der Waals surface area contributed by atoms with Crippen molar-refractivity contribution >= 4 is 11.9 Å². The van der Waals surface area contributed by atoms with Crippen molar-refractivity contribution < 1.29 is 9.57 Å². The van der Waals surface area contributed by atoms with Crippen molar-refractivity contribution in [3.63, 3.8) is 0 Å². The van der Waals surface area contributed by atoms with Gasteiger partial charge in [0.25, 0.3) is 0 Å². The first kappa shape index (κ1) is 13.5. The predicted molar refractivity (Wildman–Crippen MR) is 84.0 cm³/mol. The average molecular weight is 282 g/mol. The first-order valence-electron chi connectivity index (χ1n) is 7.00. The van der Waals surface area contributed by atoms with Crippen LogP contribution in [0.1, 0.15) is 11.1 Å². The van der Waals surface area contributed by atoms with Crippen LogP contribution in [0.3, 0.4) is 0 Å². The number of likely N-dealkylation sites (N-methyl/N-ethyl adjacent to an activating group) is 1. The summed E-state index contributed by atoms with van der Waals surface area (Å²) < 4.78 is 5.67. The number of nitrogens with zero attached hydrogens (tertiary/aromatic N) is 2. The number of anilines is 1. The molecule has 0 atom stereocenters. The molecule has 4 heteroatoms. The van der Waals surface area contributed by atoms with Crippen LogP contribution in [-0.4, -0.2) is 26.4 Å². The second-order valence-corrected chi connectivity index (χ2v) is 4.99. The summed E-state index contributed by atoms with van der Waals surface area (Å²) in [5.74, 6) is 0.899. The highest BCUT2D eigenvalue weighted by Crippen LogP contribution is 2.30. The minimum atomic E-state index is 0.474. The maximum atomic E-state index is 5.67. The summed E-state index contributed by atoms with van der Waals surface area (Å²) in [4.78, 5) is 7.49. The first-order valence-corrected chi connectivity index (χ1v) is 7.00. The number of oxime groups is 1. The van der Waals surface area contributed by atoms with E-state index in [1.807, 2.05) is 48.5 Å². The van der Waals surface area contributed by atoms with Crippen LogP contribution < -0.4 is 9.64 Å². The van der Waals surface area contributed by atoms with Gasteiger partial charge in [0, 0.05) is 7.05 Å². The summed E-state index contributed by atoms with van der Waals surface area (Å²) in [6.07, 6.45) is 1.71. The van der Waals surface area contributed by atoms with E-state index in [-0.39, 0.29) is 0 Å². The van der Waals surface area contributed by atoms with Gasteiger partial charge in [-0.1, -0.05) is 41.6 Å². The van der Waals surface area contributed by atoms with Gasteiger partial charge in [0.1, 0.15) is 19.0 Å². The van der Waals surface area contributed by atoms with Gasteiger partial charge in [0.2, 0.25) is 0 Å². The molecule has 1 aliphatic heterocycles. The molecule has 0 radical (unpaired) electrons. The van der Waals surface area contributed by atoms with E-state index < -0.39 is 0 Å². The first-order chi connectivity index (χ1) is 10.3. The van der Waals surface area contributed by atoms with E-state index >= 15 is 0 Å². The van der Waals surface area contributed by atoms with Crippen molar-refractivity contribution in [2.24, 2.45) is 5.16 Å². The third kappa shape index (κ3) is 3.34. The van der Waals surface area contributed by atoms with E-state index in [9.17, 15) is 0 Å². The Hall–Kier alpha value is -2.49. The molecule has 4 nitrogen and oxygen atoms in total. The molecule has 0 unspecified atom stereocenters. The van der Waals surface area contributed by atoms with Crippen LogP contribution in [0.2, 0.25) is 0 Å². The van der Waals surface area contributed by atoms with Crippen LogP contribution in [0.4, 0.5) is 5.69 Å². The number of fused-ring (bicyclic) bond motifs is 1. The molecule has 0 saturated carbocycles. The molecule has 2 aromatic rings. The second kappa shape index (κ2) is 6.31. The second-order valence-electron chi connectivity index (χ2n) is 4.99. The fourth-order valence-electron chi connectivity index (χ4n) is 2.24. The van der Waals surface area contributed by atoms with Crippen molar-refractivity contribution in [1.82, 2.24) is 0 Å². The zero-order chi connectivity index (χ0) is 14.5. The third-order valence-corrected chi connectivity index (χ3v) is 3.43. The minimum absolute atomic E-state index is 0.474. The summed E-state index contributed by atoms with van der Waals surface area (Å²) in [7, 11) is 2.07. The lowest BCUT2D eigenvalue weighted by Crippen LogP contribution is -2.28. The molecule has 3 rings (SSSR count). The molecule has 0 saturated heterocycles. The standard InChI is InChI=1S/C17H18N2O2/c1-19-9-10-20-17-11-15(7-8-16(17)19)12-18-21-13-14-5-3-2-4-6-14/h2-8,11-12H,9-10,13H2,1H3. The van der Waals surface area contributed by atoms with E-state index in [0.29, 0.717) is 13.2 Å². The van der Waals surface area contributed by atoms with Crippen LogP contribution in [0, 0.1) is 0 Å². The molecule has 0 spiro atoms. The van der Waals surface area contributed by atoms with Crippen LogP contribution in [0.15, 0.2) is 53.7 Å². The number of hydrogen-bond acceptors (Lipinski definition) is 4. The molecule has 2 aromatic carbocycles. The van der Waals surface area contributed by atoms with E-state index in [1.54, 1.807) is 6.21 Å².